The number of aromatic nitrogens is 2. The standard InChI is InChI=1S/C6H9N3/c1-5-4-6-7-2-3-9(6)8-5/h4,7H,2-3H2,1H3. The maximum absolute atomic E-state index is 4.25. The van der Waals surface area contributed by atoms with E-state index < -0.39 is 0 Å². The molecule has 0 amide bonds. The molecule has 3 nitrogen and oxygen atoms in total. The SMILES string of the molecule is Cc1cc2n(n1)CCN2. The van der Waals surface area contributed by atoms with E-state index in [9.17, 15) is 0 Å². The lowest BCUT2D eigenvalue weighted by atomic mass is 10.5. The first-order valence-electron chi connectivity index (χ1n) is 3.14. The highest BCUT2D eigenvalue weighted by molar-refractivity contribution is 5.39. The first kappa shape index (κ1) is 4.85. The summed E-state index contributed by atoms with van der Waals surface area (Å²) in [6.45, 7) is 4.05. The van der Waals surface area contributed by atoms with Crippen LogP contribution < -0.4 is 5.32 Å². The van der Waals surface area contributed by atoms with Gasteiger partial charge in [-0.25, -0.2) is 4.68 Å². The highest BCUT2D eigenvalue weighted by atomic mass is 15.4. The van der Waals surface area contributed by atoms with E-state index in [-0.39, 0.29) is 0 Å². The third kappa shape index (κ3) is 0.608. The third-order valence-electron chi connectivity index (χ3n) is 1.53. The number of nitrogens with one attached hydrogen (secondary N) is 1. The molecule has 0 radical (unpaired) electrons. The first-order valence-corrected chi connectivity index (χ1v) is 3.14. The molecule has 1 N–H and O–H groups in total. The molecule has 9 heavy (non-hydrogen) atoms. The highest BCUT2D eigenvalue weighted by Crippen LogP contribution is 2.13. The minimum Gasteiger partial charge on any atom is -0.368 e. The van der Waals surface area contributed by atoms with E-state index in [4.69, 9.17) is 0 Å². The Labute approximate surface area is 53.7 Å². The fraction of sp³-hybridized carbons (Fsp3) is 0.500. The zero-order chi connectivity index (χ0) is 6.27. The topological polar surface area (TPSA) is 29.9 Å². The van der Waals surface area contributed by atoms with Gasteiger partial charge in [0.2, 0.25) is 0 Å². The van der Waals surface area contributed by atoms with Gasteiger partial charge in [-0.05, 0) is 6.92 Å². The molecule has 0 fully saturated rings. The molecule has 0 aliphatic carbocycles. The summed E-state index contributed by atoms with van der Waals surface area (Å²) in [4.78, 5) is 0. The van der Waals surface area contributed by atoms with Crippen molar-refractivity contribution in [3.05, 3.63) is 11.8 Å². The first-order chi connectivity index (χ1) is 4.36. The summed E-state index contributed by atoms with van der Waals surface area (Å²) in [6, 6.07) is 2.06. The van der Waals surface area contributed by atoms with Crippen molar-refractivity contribution < 1.29 is 0 Å². The third-order valence-corrected chi connectivity index (χ3v) is 1.53. The van der Waals surface area contributed by atoms with E-state index in [0.717, 1.165) is 24.6 Å². The summed E-state index contributed by atoms with van der Waals surface area (Å²) >= 11 is 0. The van der Waals surface area contributed by atoms with Gasteiger partial charge in [-0.15, -0.1) is 0 Å². The molecule has 0 saturated heterocycles. The zero-order valence-corrected chi connectivity index (χ0v) is 5.39. The Morgan fingerprint density at radius 2 is 2.67 bits per heavy atom. The van der Waals surface area contributed by atoms with Crippen molar-refractivity contribution in [3.63, 3.8) is 0 Å². The van der Waals surface area contributed by atoms with Crippen LogP contribution in [0, 0.1) is 6.92 Å². The van der Waals surface area contributed by atoms with Crippen molar-refractivity contribution in [3.8, 4) is 0 Å². The van der Waals surface area contributed by atoms with E-state index in [0.29, 0.717) is 0 Å². The molecular formula is C6H9N3. The second kappa shape index (κ2) is 1.50. The molecule has 0 atom stereocenters. The van der Waals surface area contributed by atoms with Crippen molar-refractivity contribution in [2.45, 2.75) is 13.5 Å². The molecule has 0 saturated carbocycles. The molecule has 0 aromatic carbocycles. The molecule has 0 bridgehead atoms. The largest absolute Gasteiger partial charge is 0.368 e. The zero-order valence-electron chi connectivity index (χ0n) is 5.39. The quantitative estimate of drug-likeness (QED) is 0.548. The van der Waals surface area contributed by atoms with Crippen LogP contribution in [0.15, 0.2) is 6.07 Å². The van der Waals surface area contributed by atoms with Gasteiger partial charge in [-0.2, -0.15) is 5.10 Å². The van der Waals surface area contributed by atoms with Crippen LogP contribution in [0.2, 0.25) is 0 Å². The van der Waals surface area contributed by atoms with E-state index in [1.807, 2.05) is 11.6 Å². The number of aryl methyl sites for hydroxylation is 1. The second-order valence-electron chi connectivity index (χ2n) is 2.32. The van der Waals surface area contributed by atoms with Crippen LogP contribution in [-0.4, -0.2) is 16.3 Å². The molecule has 48 valence electrons. The van der Waals surface area contributed by atoms with Gasteiger partial charge in [0.05, 0.1) is 12.2 Å². The predicted molar refractivity (Wildman–Crippen MR) is 35.5 cm³/mol. The number of nitrogens with zero attached hydrogens (tertiary/aromatic N) is 2. The number of anilines is 1. The average Bonchev–Trinajstić information content (AvgIpc) is 2.22. The van der Waals surface area contributed by atoms with Crippen molar-refractivity contribution in [1.29, 1.82) is 0 Å². The smallest absolute Gasteiger partial charge is 0.124 e. The number of hydrogen-bond acceptors (Lipinski definition) is 2. The second-order valence-corrected chi connectivity index (χ2v) is 2.32. The fourth-order valence-electron chi connectivity index (χ4n) is 1.15. The minimum atomic E-state index is 1.02. The number of fused-ring (bicyclic) bond motifs is 1. The average molecular weight is 123 g/mol. The molecule has 2 heterocycles. The summed E-state index contributed by atoms with van der Waals surface area (Å²) in [5.74, 6) is 1.16. The molecule has 0 unspecified atom stereocenters. The van der Waals surface area contributed by atoms with E-state index >= 15 is 0 Å². The molecule has 1 aliphatic heterocycles. The van der Waals surface area contributed by atoms with Crippen LogP contribution in [0.3, 0.4) is 0 Å². The lowest BCUT2D eigenvalue weighted by Crippen LogP contribution is -1.96. The van der Waals surface area contributed by atoms with Crippen LogP contribution in [0.1, 0.15) is 5.69 Å². The Morgan fingerprint density at radius 1 is 1.78 bits per heavy atom. The van der Waals surface area contributed by atoms with Crippen molar-refractivity contribution in [2.24, 2.45) is 0 Å². The van der Waals surface area contributed by atoms with Crippen LogP contribution in [0.4, 0.5) is 5.82 Å². The Bertz CT molecular complexity index is 205. The Morgan fingerprint density at radius 3 is 3.44 bits per heavy atom. The normalized spacial score (nSPS) is 15.2. The van der Waals surface area contributed by atoms with Crippen molar-refractivity contribution >= 4 is 5.82 Å². The Balaban J connectivity index is 2.51. The molecule has 1 aromatic rings. The molecule has 3 heteroatoms. The van der Waals surface area contributed by atoms with E-state index in [1.165, 1.54) is 0 Å². The van der Waals surface area contributed by atoms with E-state index in [1.54, 1.807) is 0 Å². The highest BCUT2D eigenvalue weighted by Gasteiger charge is 2.09. The summed E-state index contributed by atoms with van der Waals surface area (Å²) in [5.41, 5.74) is 1.09. The molecule has 2 rings (SSSR count). The predicted octanol–water partition coefficient (Wildman–Crippen LogP) is 0.617. The monoisotopic (exact) mass is 123 g/mol. The summed E-state index contributed by atoms with van der Waals surface area (Å²) < 4.78 is 2.00. The summed E-state index contributed by atoms with van der Waals surface area (Å²) in [7, 11) is 0. The fourth-order valence-corrected chi connectivity index (χ4v) is 1.15. The van der Waals surface area contributed by atoms with Crippen LogP contribution in [0.5, 0.6) is 0 Å². The van der Waals surface area contributed by atoms with Gasteiger partial charge in [-0.3, -0.25) is 0 Å². The Kier molecular flexibility index (Phi) is 0.806. The summed E-state index contributed by atoms with van der Waals surface area (Å²) in [6.07, 6.45) is 0. The Hall–Kier alpha value is -0.990. The number of rotatable bonds is 0. The lowest BCUT2D eigenvalue weighted by molar-refractivity contribution is 0.688. The summed E-state index contributed by atoms with van der Waals surface area (Å²) in [5, 5.41) is 7.47. The van der Waals surface area contributed by atoms with Crippen LogP contribution >= 0.6 is 0 Å². The van der Waals surface area contributed by atoms with Crippen LogP contribution in [0.25, 0.3) is 0 Å². The van der Waals surface area contributed by atoms with Crippen molar-refractivity contribution in [1.82, 2.24) is 9.78 Å². The van der Waals surface area contributed by atoms with Crippen LogP contribution in [-0.2, 0) is 6.54 Å². The van der Waals surface area contributed by atoms with E-state index in [2.05, 4.69) is 16.5 Å². The maximum Gasteiger partial charge on any atom is 0.124 e. The van der Waals surface area contributed by atoms with Gasteiger partial charge < -0.3 is 5.32 Å². The lowest BCUT2D eigenvalue weighted by Gasteiger charge is -1.87. The number of hydrogen-bond donors (Lipinski definition) is 1. The van der Waals surface area contributed by atoms with Gasteiger partial charge in [-0.1, -0.05) is 0 Å². The van der Waals surface area contributed by atoms with Gasteiger partial charge in [0.25, 0.3) is 0 Å². The maximum atomic E-state index is 4.25. The molecule has 0 spiro atoms. The van der Waals surface area contributed by atoms with Gasteiger partial charge in [0, 0.05) is 12.6 Å². The van der Waals surface area contributed by atoms with Crippen molar-refractivity contribution in [2.75, 3.05) is 11.9 Å². The molecule has 1 aliphatic rings. The van der Waals surface area contributed by atoms with Gasteiger partial charge in [0.1, 0.15) is 5.82 Å². The molecule has 1 aromatic heterocycles. The van der Waals surface area contributed by atoms with Gasteiger partial charge in [0.15, 0.2) is 0 Å². The van der Waals surface area contributed by atoms with Gasteiger partial charge >= 0.3 is 0 Å². The minimum absolute atomic E-state index is 1.02. The molecular weight excluding hydrogens is 114 g/mol.